The van der Waals surface area contributed by atoms with Crippen molar-refractivity contribution in [3.8, 4) is 0 Å². The smallest absolute Gasteiger partial charge is 0.0648 e. The molecule has 0 aliphatic heterocycles. The van der Waals surface area contributed by atoms with Gasteiger partial charge in [0, 0.05) is 0 Å². The average Bonchev–Trinajstić information content (AvgIpc) is 2.28. The molecule has 0 saturated carbocycles. The Labute approximate surface area is 114 Å². The lowest BCUT2D eigenvalue weighted by Crippen LogP contribution is -2.35. The van der Waals surface area contributed by atoms with Crippen molar-refractivity contribution >= 4 is 0 Å². The van der Waals surface area contributed by atoms with Crippen molar-refractivity contribution in [3.05, 3.63) is 0 Å². The van der Waals surface area contributed by atoms with E-state index in [9.17, 15) is 10.2 Å². The van der Waals surface area contributed by atoms with E-state index < -0.39 is 11.2 Å². The van der Waals surface area contributed by atoms with Crippen LogP contribution in [0.4, 0.5) is 0 Å². The van der Waals surface area contributed by atoms with Gasteiger partial charge in [-0.1, -0.05) is 53.4 Å². The van der Waals surface area contributed by atoms with Gasteiger partial charge in [0.1, 0.15) is 0 Å². The molecule has 2 heteroatoms. The van der Waals surface area contributed by atoms with E-state index in [0.29, 0.717) is 0 Å². The maximum absolute atomic E-state index is 10.6. The third-order valence-corrected chi connectivity index (χ3v) is 3.92. The number of rotatable bonds is 11. The molecular weight excluding hydrogens is 224 g/mol. The lowest BCUT2D eigenvalue weighted by Gasteiger charge is -2.34. The Kier molecular flexibility index (Phi) is 8.89. The van der Waals surface area contributed by atoms with Crippen molar-refractivity contribution < 1.29 is 10.2 Å². The van der Waals surface area contributed by atoms with E-state index in [2.05, 4.69) is 27.7 Å². The highest BCUT2D eigenvalue weighted by Gasteiger charge is 2.31. The highest BCUT2D eigenvalue weighted by molar-refractivity contribution is 4.85. The summed E-state index contributed by atoms with van der Waals surface area (Å²) < 4.78 is 0. The molecule has 0 saturated heterocycles. The van der Waals surface area contributed by atoms with E-state index in [1.807, 2.05) is 0 Å². The average molecular weight is 258 g/mol. The van der Waals surface area contributed by atoms with Gasteiger partial charge in [0.15, 0.2) is 0 Å². The third kappa shape index (κ3) is 6.75. The van der Waals surface area contributed by atoms with Crippen molar-refractivity contribution in [2.75, 3.05) is 0 Å². The van der Waals surface area contributed by atoms with E-state index in [1.165, 1.54) is 0 Å². The predicted octanol–water partition coefficient (Wildman–Crippen LogP) is 4.43. The van der Waals surface area contributed by atoms with E-state index in [4.69, 9.17) is 0 Å². The lowest BCUT2D eigenvalue weighted by molar-refractivity contribution is -0.0383. The number of aliphatic hydroxyl groups is 2. The zero-order valence-electron chi connectivity index (χ0n) is 13.0. The minimum absolute atomic E-state index is 0.557. The molecule has 0 spiro atoms. The van der Waals surface area contributed by atoms with Crippen LogP contribution in [0, 0.1) is 0 Å². The summed E-state index contributed by atoms with van der Waals surface area (Å²) in [7, 11) is 0. The van der Waals surface area contributed by atoms with Crippen LogP contribution in [0.1, 0.15) is 91.9 Å². The Bertz CT molecular complexity index is 167. The molecule has 0 unspecified atom stereocenters. The highest BCUT2D eigenvalue weighted by atomic mass is 16.3. The molecule has 0 amide bonds. The highest BCUT2D eigenvalue weighted by Crippen LogP contribution is 2.32. The van der Waals surface area contributed by atoms with Gasteiger partial charge in [-0.3, -0.25) is 0 Å². The zero-order valence-corrected chi connectivity index (χ0v) is 13.0. The van der Waals surface area contributed by atoms with Gasteiger partial charge in [0.25, 0.3) is 0 Å². The lowest BCUT2D eigenvalue weighted by atomic mass is 9.80. The Hall–Kier alpha value is -0.0800. The molecule has 0 heterocycles. The zero-order chi connectivity index (χ0) is 14.1. The maximum Gasteiger partial charge on any atom is 0.0648 e. The first-order valence-electron chi connectivity index (χ1n) is 7.90. The Morgan fingerprint density at radius 1 is 0.500 bits per heavy atom. The molecule has 0 rings (SSSR count). The fourth-order valence-corrected chi connectivity index (χ4v) is 3.08. The summed E-state index contributed by atoms with van der Waals surface area (Å²) in [5.41, 5.74) is -1.11. The molecule has 110 valence electrons. The van der Waals surface area contributed by atoms with Gasteiger partial charge in [0.05, 0.1) is 11.2 Å². The maximum atomic E-state index is 10.6. The van der Waals surface area contributed by atoms with E-state index in [-0.39, 0.29) is 0 Å². The van der Waals surface area contributed by atoms with Gasteiger partial charge in [-0.15, -0.1) is 0 Å². The first kappa shape index (κ1) is 17.9. The number of hydrogen-bond acceptors (Lipinski definition) is 2. The second-order valence-corrected chi connectivity index (χ2v) is 5.95. The van der Waals surface area contributed by atoms with Gasteiger partial charge in [0.2, 0.25) is 0 Å². The summed E-state index contributed by atoms with van der Waals surface area (Å²) in [5, 5.41) is 21.2. The minimum Gasteiger partial charge on any atom is -0.390 e. The Morgan fingerprint density at radius 2 is 0.722 bits per heavy atom. The van der Waals surface area contributed by atoms with E-state index in [1.54, 1.807) is 0 Å². The van der Waals surface area contributed by atoms with Crippen molar-refractivity contribution in [2.24, 2.45) is 0 Å². The van der Waals surface area contributed by atoms with Crippen molar-refractivity contribution in [3.63, 3.8) is 0 Å². The van der Waals surface area contributed by atoms with E-state index >= 15 is 0 Å². The molecule has 2 N–H and O–H groups in total. The molecule has 0 atom stereocenters. The number of hydrogen-bond donors (Lipinski definition) is 2. The molecule has 18 heavy (non-hydrogen) atoms. The van der Waals surface area contributed by atoms with Crippen molar-refractivity contribution in [1.82, 2.24) is 0 Å². The summed E-state index contributed by atoms with van der Waals surface area (Å²) in [5.74, 6) is 0. The monoisotopic (exact) mass is 258 g/mol. The van der Waals surface area contributed by atoms with Crippen molar-refractivity contribution in [2.45, 2.75) is 103 Å². The van der Waals surface area contributed by atoms with Gasteiger partial charge in [-0.05, 0) is 38.5 Å². The molecular formula is C16H34O2. The molecule has 0 aliphatic rings. The fourth-order valence-electron chi connectivity index (χ4n) is 3.08. The first-order valence-corrected chi connectivity index (χ1v) is 7.90. The van der Waals surface area contributed by atoms with Gasteiger partial charge < -0.3 is 10.2 Å². The summed E-state index contributed by atoms with van der Waals surface area (Å²) in [6.45, 7) is 8.46. The SMILES string of the molecule is CCCC(O)(CCC)CCC(O)(CCC)CCC. The van der Waals surface area contributed by atoms with Gasteiger partial charge in [-0.2, -0.15) is 0 Å². The van der Waals surface area contributed by atoms with E-state index in [0.717, 1.165) is 64.2 Å². The minimum atomic E-state index is -0.557. The van der Waals surface area contributed by atoms with Crippen LogP contribution in [-0.4, -0.2) is 21.4 Å². The summed E-state index contributed by atoms with van der Waals surface area (Å²) in [4.78, 5) is 0. The second-order valence-electron chi connectivity index (χ2n) is 5.95. The van der Waals surface area contributed by atoms with Crippen LogP contribution < -0.4 is 0 Å². The standard InChI is InChI=1S/C16H34O2/c1-5-9-15(17,10-6-2)13-14-16(18,11-7-3)12-8-4/h17-18H,5-14H2,1-4H3. The second kappa shape index (κ2) is 8.92. The quantitative estimate of drug-likeness (QED) is 0.575. The first-order chi connectivity index (χ1) is 8.45. The van der Waals surface area contributed by atoms with Gasteiger partial charge in [-0.25, -0.2) is 0 Å². The molecule has 0 fully saturated rings. The molecule has 0 aromatic carbocycles. The molecule has 0 aromatic heterocycles. The normalized spacial score (nSPS) is 13.0. The summed E-state index contributed by atoms with van der Waals surface area (Å²) in [6, 6.07) is 0. The molecule has 0 aromatic rings. The largest absolute Gasteiger partial charge is 0.390 e. The predicted molar refractivity (Wildman–Crippen MR) is 78.8 cm³/mol. The van der Waals surface area contributed by atoms with Crippen LogP contribution in [0.5, 0.6) is 0 Å². The van der Waals surface area contributed by atoms with Gasteiger partial charge >= 0.3 is 0 Å². The molecule has 0 bridgehead atoms. The van der Waals surface area contributed by atoms with Crippen molar-refractivity contribution in [1.29, 1.82) is 0 Å². The molecule has 2 nitrogen and oxygen atoms in total. The van der Waals surface area contributed by atoms with Crippen LogP contribution in [0.25, 0.3) is 0 Å². The molecule has 0 aliphatic carbocycles. The Morgan fingerprint density at radius 3 is 0.889 bits per heavy atom. The summed E-state index contributed by atoms with van der Waals surface area (Å²) >= 11 is 0. The summed E-state index contributed by atoms with van der Waals surface area (Å²) in [6.07, 6.45) is 8.95. The van der Waals surface area contributed by atoms with Crippen LogP contribution in [0.15, 0.2) is 0 Å². The van der Waals surface area contributed by atoms with Crippen LogP contribution in [0.2, 0.25) is 0 Å². The van der Waals surface area contributed by atoms with Crippen LogP contribution in [-0.2, 0) is 0 Å². The topological polar surface area (TPSA) is 40.5 Å². The van der Waals surface area contributed by atoms with Crippen LogP contribution in [0.3, 0.4) is 0 Å². The van der Waals surface area contributed by atoms with Crippen LogP contribution >= 0.6 is 0 Å². The Balaban J connectivity index is 4.44. The third-order valence-electron chi connectivity index (χ3n) is 3.92. The fraction of sp³-hybridized carbons (Fsp3) is 1.00. The molecule has 0 radical (unpaired) electrons.